The predicted octanol–water partition coefficient (Wildman–Crippen LogP) is 2.32. The Kier molecular flexibility index (Phi) is 3.22. The molecule has 0 radical (unpaired) electrons. The molecule has 3 amide bonds. The van der Waals surface area contributed by atoms with E-state index in [-0.39, 0.29) is 12.2 Å². The number of fused-ring (bicyclic) bond motifs is 2. The van der Waals surface area contributed by atoms with Gasteiger partial charge < -0.3 is 5.11 Å². The van der Waals surface area contributed by atoms with E-state index in [2.05, 4.69) is 4.98 Å². The van der Waals surface area contributed by atoms with Crippen LogP contribution < -0.4 is 4.90 Å². The average molecular weight is 355 g/mol. The molecule has 1 saturated heterocycles. The molecule has 2 aliphatic carbocycles. The van der Waals surface area contributed by atoms with Gasteiger partial charge in [-0.15, -0.1) is 0 Å². The van der Waals surface area contributed by atoms with E-state index in [9.17, 15) is 27.9 Å². The summed E-state index contributed by atoms with van der Waals surface area (Å²) in [5.74, 6) is -0.450. The predicted molar refractivity (Wildman–Crippen MR) is 79.6 cm³/mol. The molecule has 0 spiro atoms. The van der Waals surface area contributed by atoms with E-state index in [4.69, 9.17) is 0 Å². The van der Waals surface area contributed by atoms with Crippen molar-refractivity contribution in [1.82, 2.24) is 9.88 Å². The van der Waals surface area contributed by atoms with Crippen LogP contribution in [0.3, 0.4) is 0 Å². The lowest BCUT2D eigenvalue weighted by Crippen LogP contribution is -2.49. The minimum absolute atomic E-state index is 0.0571. The van der Waals surface area contributed by atoms with E-state index in [0.717, 1.165) is 22.1 Å². The Hall–Kier alpha value is -2.16. The Morgan fingerprint density at radius 3 is 2.36 bits per heavy atom. The first kappa shape index (κ1) is 16.3. The van der Waals surface area contributed by atoms with E-state index in [1.807, 2.05) is 0 Å². The topological polar surface area (TPSA) is 73.7 Å². The van der Waals surface area contributed by atoms with Gasteiger partial charge in [0.05, 0.1) is 28.6 Å². The van der Waals surface area contributed by atoms with Crippen molar-refractivity contribution < 1.29 is 27.9 Å². The Bertz CT molecular complexity index is 756. The number of carbonyl (C=O) groups excluding carboxylic acids is 2. The molecule has 3 aliphatic rings. The number of hydrogen-bond acceptors (Lipinski definition) is 4. The van der Waals surface area contributed by atoms with E-state index >= 15 is 0 Å². The average Bonchev–Trinajstić information content (AvgIpc) is 3.15. The van der Waals surface area contributed by atoms with Gasteiger partial charge in [-0.3, -0.25) is 19.6 Å². The molecular formula is C16H16F3N3O3. The summed E-state index contributed by atoms with van der Waals surface area (Å²) in [6, 6.07) is 0.177. The van der Waals surface area contributed by atoms with Gasteiger partial charge in [-0.1, -0.05) is 0 Å². The van der Waals surface area contributed by atoms with Crippen molar-refractivity contribution >= 4 is 17.6 Å². The van der Waals surface area contributed by atoms with Gasteiger partial charge in [-0.05, 0) is 38.2 Å². The molecule has 2 saturated carbocycles. The quantitative estimate of drug-likeness (QED) is 0.827. The number of anilines is 1. The third-order valence-electron chi connectivity index (χ3n) is 5.57. The number of aliphatic hydroxyl groups is 1. The van der Waals surface area contributed by atoms with Crippen molar-refractivity contribution in [3.05, 3.63) is 24.0 Å². The molecule has 0 aromatic carbocycles. The second-order valence-electron chi connectivity index (χ2n) is 7.15. The lowest BCUT2D eigenvalue weighted by Gasteiger charge is -2.34. The fourth-order valence-corrected chi connectivity index (χ4v) is 4.35. The molecule has 3 fully saturated rings. The van der Waals surface area contributed by atoms with Gasteiger partial charge in [0.1, 0.15) is 6.54 Å². The molecule has 0 unspecified atom stereocenters. The van der Waals surface area contributed by atoms with Crippen molar-refractivity contribution in [3.63, 3.8) is 0 Å². The van der Waals surface area contributed by atoms with Crippen LogP contribution in [0.2, 0.25) is 0 Å². The standard InChI is InChI=1S/C16H16F3N3O3/c17-16(18,19)10-5-11(7-20-6-10)21-8-12(23)22(13(21)24)14-1-3-15(25,9-14)4-2-14/h5-7,25H,1-4,8-9H2. The maximum atomic E-state index is 12.9. The summed E-state index contributed by atoms with van der Waals surface area (Å²) in [6.45, 7) is -0.317. The van der Waals surface area contributed by atoms with Gasteiger partial charge in [0.2, 0.25) is 0 Å². The molecule has 9 heteroatoms. The summed E-state index contributed by atoms with van der Waals surface area (Å²) < 4.78 is 38.6. The second kappa shape index (κ2) is 4.94. The van der Waals surface area contributed by atoms with Crippen LogP contribution in [0.1, 0.15) is 37.7 Å². The monoisotopic (exact) mass is 355 g/mol. The highest BCUT2D eigenvalue weighted by atomic mass is 19.4. The third-order valence-corrected chi connectivity index (χ3v) is 5.57. The highest BCUT2D eigenvalue weighted by Gasteiger charge is 2.61. The van der Waals surface area contributed by atoms with E-state index in [1.165, 1.54) is 0 Å². The van der Waals surface area contributed by atoms with E-state index in [1.54, 1.807) is 0 Å². The summed E-state index contributed by atoms with van der Waals surface area (Å²) >= 11 is 0. The molecule has 1 N–H and O–H groups in total. The normalized spacial score (nSPS) is 32.2. The Labute approximate surface area is 141 Å². The Morgan fingerprint density at radius 1 is 1.12 bits per heavy atom. The minimum Gasteiger partial charge on any atom is -0.390 e. The number of amides is 3. The molecule has 134 valence electrons. The second-order valence-corrected chi connectivity index (χ2v) is 7.15. The number of aromatic nitrogens is 1. The summed E-state index contributed by atoms with van der Waals surface area (Å²) in [5, 5.41) is 10.4. The largest absolute Gasteiger partial charge is 0.417 e. The molecule has 2 bridgehead atoms. The lowest BCUT2D eigenvalue weighted by atomic mass is 9.91. The molecule has 4 rings (SSSR count). The summed E-state index contributed by atoms with van der Waals surface area (Å²) in [4.78, 5) is 31.0. The number of urea groups is 1. The lowest BCUT2D eigenvalue weighted by molar-refractivity contribution is -0.137. The Balaban J connectivity index is 1.65. The molecule has 2 heterocycles. The highest BCUT2D eigenvalue weighted by Crippen LogP contribution is 2.54. The molecule has 6 nitrogen and oxygen atoms in total. The Morgan fingerprint density at radius 2 is 1.80 bits per heavy atom. The van der Waals surface area contributed by atoms with Crippen LogP contribution in [0.25, 0.3) is 0 Å². The first-order valence-electron chi connectivity index (χ1n) is 8.03. The number of nitrogens with zero attached hydrogens (tertiary/aromatic N) is 3. The third kappa shape index (κ3) is 2.40. The maximum absolute atomic E-state index is 12.9. The summed E-state index contributed by atoms with van der Waals surface area (Å²) in [5.41, 5.74) is -2.59. The molecule has 1 aliphatic heterocycles. The molecule has 25 heavy (non-hydrogen) atoms. The van der Waals surface area contributed by atoms with Crippen LogP contribution in [-0.4, -0.2) is 44.6 Å². The number of carbonyl (C=O) groups is 2. The zero-order valence-corrected chi connectivity index (χ0v) is 13.2. The van der Waals surface area contributed by atoms with Gasteiger partial charge >= 0.3 is 12.2 Å². The molecule has 1 aromatic heterocycles. The van der Waals surface area contributed by atoms with Gasteiger partial charge in [0.25, 0.3) is 5.91 Å². The van der Waals surface area contributed by atoms with Crippen molar-refractivity contribution in [3.8, 4) is 0 Å². The maximum Gasteiger partial charge on any atom is 0.417 e. The summed E-state index contributed by atoms with van der Waals surface area (Å²) in [6.07, 6.45) is -0.332. The minimum atomic E-state index is -4.58. The van der Waals surface area contributed by atoms with Crippen molar-refractivity contribution in [2.75, 3.05) is 11.4 Å². The van der Waals surface area contributed by atoms with Gasteiger partial charge in [0.15, 0.2) is 0 Å². The summed E-state index contributed by atoms with van der Waals surface area (Å²) in [7, 11) is 0. The van der Waals surface area contributed by atoms with Crippen molar-refractivity contribution in [2.24, 2.45) is 0 Å². The van der Waals surface area contributed by atoms with Gasteiger partial charge in [-0.2, -0.15) is 13.2 Å². The van der Waals surface area contributed by atoms with Gasteiger partial charge in [-0.25, -0.2) is 4.79 Å². The van der Waals surface area contributed by atoms with Crippen LogP contribution >= 0.6 is 0 Å². The zero-order valence-electron chi connectivity index (χ0n) is 13.2. The molecular weight excluding hydrogens is 339 g/mol. The zero-order chi connectivity index (χ0) is 18.0. The van der Waals surface area contributed by atoms with Crippen molar-refractivity contribution in [1.29, 1.82) is 0 Å². The van der Waals surface area contributed by atoms with Crippen molar-refractivity contribution in [2.45, 2.75) is 49.4 Å². The molecule has 0 atom stereocenters. The van der Waals surface area contributed by atoms with Crippen LogP contribution in [0.15, 0.2) is 18.5 Å². The fourth-order valence-electron chi connectivity index (χ4n) is 4.35. The number of rotatable bonds is 2. The van der Waals surface area contributed by atoms with Crippen LogP contribution in [0.5, 0.6) is 0 Å². The van der Waals surface area contributed by atoms with Crippen LogP contribution in [0.4, 0.5) is 23.7 Å². The number of alkyl halides is 3. The number of hydrogen-bond donors (Lipinski definition) is 1. The number of pyridine rings is 1. The first-order chi connectivity index (χ1) is 11.6. The SMILES string of the molecule is O=C1CN(c2cncc(C(F)(F)F)c2)C(=O)N1C12CCC(O)(CC1)C2. The van der Waals surface area contributed by atoms with Gasteiger partial charge in [0, 0.05) is 6.20 Å². The molecule has 1 aromatic rings. The van der Waals surface area contributed by atoms with Crippen LogP contribution in [0, 0.1) is 0 Å². The number of halogens is 3. The smallest absolute Gasteiger partial charge is 0.390 e. The van der Waals surface area contributed by atoms with E-state index < -0.39 is 34.8 Å². The highest BCUT2D eigenvalue weighted by molar-refractivity contribution is 6.12. The number of imide groups is 1. The van der Waals surface area contributed by atoms with Crippen LogP contribution in [-0.2, 0) is 11.0 Å². The first-order valence-corrected chi connectivity index (χ1v) is 8.03. The fraction of sp³-hybridized carbons (Fsp3) is 0.562. The van der Waals surface area contributed by atoms with E-state index in [0.29, 0.717) is 38.3 Å².